The maximum Gasteiger partial charge on any atom is 0.155 e. The van der Waals surface area contributed by atoms with Crippen molar-refractivity contribution in [2.24, 2.45) is 0 Å². The van der Waals surface area contributed by atoms with Crippen LogP contribution in [0.25, 0.3) is 16.8 Å². The Kier molecular flexibility index (Phi) is 4.03. The van der Waals surface area contributed by atoms with E-state index in [9.17, 15) is 8.78 Å². The van der Waals surface area contributed by atoms with Crippen LogP contribution in [-0.4, -0.2) is 14.6 Å². The Morgan fingerprint density at radius 2 is 1.92 bits per heavy atom. The summed E-state index contributed by atoms with van der Waals surface area (Å²) in [5, 5.41) is 3.94. The standard InChI is InChI=1S/C20H12ClF2N3/c1-12-3-2-4-14(16-9-17(21)19(23)10-18(16)22)15(7-12)13-5-6-26-20(8-13)24-11-25-26/h3-11H,1H3. The highest BCUT2D eigenvalue weighted by Crippen LogP contribution is 2.34. The van der Waals surface area contributed by atoms with Crippen LogP contribution in [0.15, 0.2) is 66.3 Å². The minimum atomic E-state index is -0.792. The number of nitrogens with zero attached hydrogens (tertiary/aromatic N) is 3. The van der Waals surface area contributed by atoms with Crippen LogP contribution in [0.3, 0.4) is 0 Å². The third-order valence-electron chi connectivity index (χ3n) is 4.09. The molecule has 0 radical (unpaired) electrons. The first-order valence-electron chi connectivity index (χ1n) is 7.82. The number of hydrogen-bond acceptors (Lipinski definition) is 2. The third-order valence-corrected chi connectivity index (χ3v) is 4.38. The van der Waals surface area contributed by atoms with E-state index in [1.54, 1.807) is 22.9 Å². The molecule has 4 rings (SSSR count). The van der Waals surface area contributed by atoms with Gasteiger partial charge in [0.1, 0.15) is 18.0 Å². The molecule has 26 heavy (non-hydrogen) atoms. The fourth-order valence-electron chi connectivity index (χ4n) is 2.85. The quantitative estimate of drug-likeness (QED) is 0.458. The van der Waals surface area contributed by atoms with Gasteiger partial charge < -0.3 is 0 Å². The van der Waals surface area contributed by atoms with Crippen LogP contribution in [0.4, 0.5) is 8.78 Å². The minimum absolute atomic E-state index is 0.136. The van der Waals surface area contributed by atoms with Crippen LogP contribution in [0.1, 0.15) is 18.1 Å². The molecule has 1 aromatic carbocycles. The Morgan fingerprint density at radius 1 is 1.08 bits per heavy atom. The molecule has 0 spiro atoms. The fraction of sp³-hybridized carbons (Fsp3) is 0.0500. The number of aromatic nitrogens is 3. The lowest BCUT2D eigenvalue weighted by Gasteiger charge is -2.12. The van der Waals surface area contributed by atoms with E-state index in [1.807, 2.05) is 25.1 Å². The second-order valence-corrected chi connectivity index (χ2v) is 6.30. The molecule has 0 amide bonds. The lowest BCUT2D eigenvalue weighted by Crippen LogP contribution is -1.96. The van der Waals surface area contributed by atoms with Gasteiger partial charge in [-0.1, -0.05) is 17.7 Å². The van der Waals surface area contributed by atoms with E-state index >= 15 is 0 Å². The van der Waals surface area contributed by atoms with Crippen molar-refractivity contribution in [3.63, 3.8) is 0 Å². The Bertz CT molecular complexity index is 1170. The van der Waals surface area contributed by atoms with Crippen LogP contribution in [0.2, 0.25) is 5.02 Å². The maximum absolute atomic E-state index is 14.5. The fourth-order valence-corrected chi connectivity index (χ4v) is 3.02. The van der Waals surface area contributed by atoms with Gasteiger partial charge in [0.2, 0.25) is 0 Å². The highest BCUT2D eigenvalue weighted by Gasteiger charge is 2.16. The Labute approximate surface area is 153 Å². The average Bonchev–Trinajstić information content (AvgIpc) is 3.00. The van der Waals surface area contributed by atoms with E-state index in [4.69, 9.17) is 11.6 Å². The highest BCUT2D eigenvalue weighted by atomic mass is 35.5. The Balaban J connectivity index is 2.01. The molecule has 0 fully saturated rings. The number of rotatable bonds is 2. The summed E-state index contributed by atoms with van der Waals surface area (Å²) in [7, 11) is 0. The number of pyridine rings is 1. The van der Waals surface area contributed by atoms with Crippen LogP contribution in [0, 0.1) is 11.6 Å². The van der Waals surface area contributed by atoms with E-state index in [0.717, 1.165) is 22.8 Å². The highest BCUT2D eigenvalue weighted by molar-refractivity contribution is 6.31. The van der Waals surface area contributed by atoms with Gasteiger partial charge in [-0.2, -0.15) is 5.10 Å². The zero-order valence-electron chi connectivity index (χ0n) is 13.7. The van der Waals surface area contributed by atoms with Crippen LogP contribution in [0.5, 0.6) is 0 Å². The molecule has 2 heterocycles. The smallest absolute Gasteiger partial charge is 0.155 e. The monoisotopic (exact) mass is 367 g/mol. The largest absolute Gasteiger partial charge is 0.221 e. The van der Waals surface area contributed by atoms with Crippen molar-refractivity contribution < 1.29 is 8.78 Å². The van der Waals surface area contributed by atoms with Crippen molar-refractivity contribution in [2.75, 3.05) is 0 Å². The van der Waals surface area contributed by atoms with Crippen molar-refractivity contribution >= 4 is 28.4 Å². The summed E-state index contributed by atoms with van der Waals surface area (Å²) < 4.78 is 29.7. The maximum atomic E-state index is 14.5. The van der Waals surface area contributed by atoms with Gasteiger partial charge in [0.15, 0.2) is 5.65 Å². The molecule has 3 nitrogen and oxygen atoms in total. The molecule has 6 heteroatoms. The molecule has 0 saturated heterocycles. The summed E-state index contributed by atoms with van der Waals surface area (Å²) >= 11 is 5.89. The van der Waals surface area contributed by atoms with Crippen molar-refractivity contribution in [1.29, 1.82) is 0 Å². The van der Waals surface area contributed by atoms with Gasteiger partial charge >= 0.3 is 0 Å². The van der Waals surface area contributed by atoms with Crippen LogP contribution in [-0.2, 0) is 0 Å². The van der Waals surface area contributed by atoms with Gasteiger partial charge in [-0.15, -0.1) is 5.73 Å². The lowest BCUT2D eigenvalue weighted by molar-refractivity contribution is 0.581. The molecule has 128 valence electrons. The van der Waals surface area contributed by atoms with E-state index < -0.39 is 11.6 Å². The minimum Gasteiger partial charge on any atom is -0.221 e. The second kappa shape index (κ2) is 6.37. The predicted molar refractivity (Wildman–Crippen MR) is 97.6 cm³/mol. The SMILES string of the molecule is CC1=CC(c2ccn3ncnc3c2)=C(c2cc(Cl)c(F)cc2F)C=C=C1. The Hall–Kier alpha value is -3.01. The molecule has 0 atom stereocenters. The molecular formula is C20H12ClF2N3. The van der Waals surface area contributed by atoms with Crippen molar-refractivity contribution in [1.82, 2.24) is 14.6 Å². The summed E-state index contributed by atoms with van der Waals surface area (Å²) in [4.78, 5) is 4.19. The molecule has 0 N–H and O–H groups in total. The lowest BCUT2D eigenvalue weighted by atomic mass is 9.94. The number of benzene rings is 1. The Morgan fingerprint density at radius 3 is 2.77 bits per heavy atom. The number of fused-ring (bicyclic) bond motifs is 1. The number of hydrogen-bond donors (Lipinski definition) is 0. The summed E-state index contributed by atoms with van der Waals surface area (Å²) in [6.07, 6.45) is 8.63. The molecule has 2 aromatic heterocycles. The molecule has 1 aliphatic rings. The normalized spacial score (nSPS) is 14.1. The van der Waals surface area contributed by atoms with Crippen molar-refractivity contribution in [3.8, 4) is 0 Å². The van der Waals surface area contributed by atoms with Crippen LogP contribution >= 0.6 is 11.6 Å². The van der Waals surface area contributed by atoms with Gasteiger partial charge in [0.05, 0.1) is 5.02 Å². The van der Waals surface area contributed by atoms with E-state index in [1.165, 1.54) is 12.4 Å². The van der Waals surface area contributed by atoms with Crippen molar-refractivity contribution in [3.05, 3.63) is 94.1 Å². The van der Waals surface area contributed by atoms with Crippen LogP contribution < -0.4 is 0 Å². The molecule has 0 aliphatic heterocycles. The van der Waals surface area contributed by atoms with Crippen molar-refractivity contribution in [2.45, 2.75) is 6.92 Å². The second-order valence-electron chi connectivity index (χ2n) is 5.90. The average molecular weight is 368 g/mol. The first-order valence-corrected chi connectivity index (χ1v) is 8.20. The van der Waals surface area contributed by atoms with Gasteiger partial charge in [0, 0.05) is 23.4 Å². The first kappa shape index (κ1) is 16.5. The van der Waals surface area contributed by atoms with Gasteiger partial charge in [-0.05, 0) is 54.0 Å². The number of halogens is 3. The molecule has 0 bridgehead atoms. The zero-order chi connectivity index (χ0) is 18.3. The molecule has 3 aromatic rings. The predicted octanol–water partition coefficient (Wildman–Crippen LogP) is 5.24. The van der Waals surface area contributed by atoms with Gasteiger partial charge in [0.25, 0.3) is 0 Å². The summed E-state index contributed by atoms with van der Waals surface area (Å²) in [6, 6.07) is 5.81. The summed E-state index contributed by atoms with van der Waals surface area (Å²) in [6.45, 7) is 1.92. The molecule has 0 saturated carbocycles. The van der Waals surface area contributed by atoms with E-state index in [2.05, 4.69) is 15.8 Å². The molecular weight excluding hydrogens is 356 g/mol. The van der Waals surface area contributed by atoms with E-state index in [-0.39, 0.29) is 10.6 Å². The van der Waals surface area contributed by atoms with Gasteiger partial charge in [-0.25, -0.2) is 18.3 Å². The molecule has 1 aliphatic carbocycles. The van der Waals surface area contributed by atoms with Gasteiger partial charge in [-0.3, -0.25) is 0 Å². The number of allylic oxidation sites excluding steroid dienone is 5. The topological polar surface area (TPSA) is 30.2 Å². The first-order chi connectivity index (χ1) is 12.5. The summed E-state index contributed by atoms with van der Waals surface area (Å²) in [5.41, 5.74) is 6.99. The third kappa shape index (κ3) is 2.88. The molecule has 0 unspecified atom stereocenters. The zero-order valence-corrected chi connectivity index (χ0v) is 14.4. The van der Waals surface area contributed by atoms with E-state index in [0.29, 0.717) is 11.2 Å². The summed E-state index contributed by atoms with van der Waals surface area (Å²) in [5.74, 6) is -1.48.